The molecule has 0 spiro atoms. The first kappa shape index (κ1) is 16.9. The van der Waals surface area contributed by atoms with E-state index in [1.165, 1.54) is 0 Å². The fourth-order valence-corrected chi connectivity index (χ4v) is 2.74. The lowest BCUT2D eigenvalue weighted by molar-refractivity contribution is -0.140. The van der Waals surface area contributed by atoms with Crippen LogP contribution in [0, 0.1) is 0 Å². The van der Waals surface area contributed by atoms with Gasteiger partial charge in [0.1, 0.15) is 6.04 Å². The average Bonchev–Trinajstić information content (AvgIpc) is 2.22. The molecule has 1 atom stereocenters. The van der Waals surface area contributed by atoms with E-state index in [-0.39, 0.29) is 5.75 Å². The minimum Gasteiger partial charge on any atom is -0.480 e. The molecule has 0 aromatic heterocycles. The van der Waals surface area contributed by atoms with Crippen molar-refractivity contribution in [2.75, 3.05) is 24.7 Å². The average molecular weight is 281 g/mol. The summed E-state index contributed by atoms with van der Waals surface area (Å²) in [6.45, 7) is 3.75. The number of hydrogen-bond donors (Lipinski definition) is 2. The third-order valence-electron chi connectivity index (χ3n) is 2.04. The highest BCUT2D eigenvalue weighted by atomic mass is 32.2. The van der Waals surface area contributed by atoms with Gasteiger partial charge in [-0.3, -0.25) is 4.79 Å². The Hall–Kier alpha value is -1.15. The minimum absolute atomic E-state index is 0.156. The van der Waals surface area contributed by atoms with Crippen LogP contribution in [0.3, 0.4) is 0 Å². The molecular formula is C10H19NO6S. The van der Waals surface area contributed by atoms with Crippen LogP contribution < -0.4 is 5.32 Å². The Morgan fingerprint density at radius 2 is 2.00 bits per heavy atom. The maximum absolute atomic E-state index is 11.6. The zero-order valence-electron chi connectivity index (χ0n) is 10.5. The molecule has 8 heteroatoms. The summed E-state index contributed by atoms with van der Waals surface area (Å²) in [5.41, 5.74) is 0. The van der Waals surface area contributed by atoms with Crippen molar-refractivity contribution in [1.29, 1.82) is 0 Å². The molecule has 1 amide bonds. The number of rotatable bonds is 9. The van der Waals surface area contributed by atoms with Gasteiger partial charge in [0.05, 0.1) is 11.5 Å². The van der Waals surface area contributed by atoms with Gasteiger partial charge in [-0.25, -0.2) is 13.2 Å². The molecule has 0 aromatic rings. The maximum Gasteiger partial charge on any atom is 0.327 e. The van der Waals surface area contributed by atoms with Crippen molar-refractivity contribution in [3.05, 3.63) is 0 Å². The van der Waals surface area contributed by atoms with E-state index in [2.05, 4.69) is 5.32 Å². The van der Waals surface area contributed by atoms with Crippen molar-refractivity contribution in [2.45, 2.75) is 26.3 Å². The second-order valence-corrected chi connectivity index (χ2v) is 5.98. The van der Waals surface area contributed by atoms with Gasteiger partial charge < -0.3 is 15.2 Å². The topological polar surface area (TPSA) is 110 Å². The van der Waals surface area contributed by atoms with E-state index in [4.69, 9.17) is 9.84 Å². The van der Waals surface area contributed by atoms with E-state index in [0.717, 1.165) is 6.92 Å². The highest BCUT2D eigenvalue weighted by Gasteiger charge is 2.25. The molecule has 0 aliphatic carbocycles. The number of carboxylic acid groups (broad SMARTS) is 1. The standard InChI is InChI=1S/C10H19NO6S/c1-3-17-5-4-6-18(15,16)7-9(10(13)14)11-8(2)12/h9H,3-7H2,1-2H3,(H,11,12)(H,13,14)/t9-/m0/s1. The number of carbonyl (C=O) groups excluding carboxylic acids is 1. The molecule has 106 valence electrons. The van der Waals surface area contributed by atoms with Gasteiger partial charge in [0.2, 0.25) is 5.91 Å². The number of carbonyl (C=O) groups is 2. The first-order chi connectivity index (χ1) is 8.28. The van der Waals surface area contributed by atoms with E-state index in [9.17, 15) is 18.0 Å². The lowest BCUT2D eigenvalue weighted by Gasteiger charge is -2.13. The van der Waals surface area contributed by atoms with Crippen LogP contribution in [-0.2, 0) is 24.2 Å². The van der Waals surface area contributed by atoms with E-state index in [0.29, 0.717) is 19.6 Å². The number of hydrogen-bond acceptors (Lipinski definition) is 5. The monoisotopic (exact) mass is 281 g/mol. The Morgan fingerprint density at radius 3 is 2.44 bits per heavy atom. The first-order valence-corrected chi connectivity index (χ1v) is 7.38. The largest absolute Gasteiger partial charge is 0.480 e. The smallest absolute Gasteiger partial charge is 0.327 e. The quantitative estimate of drug-likeness (QED) is 0.547. The van der Waals surface area contributed by atoms with Gasteiger partial charge in [-0.1, -0.05) is 0 Å². The zero-order valence-corrected chi connectivity index (χ0v) is 11.3. The van der Waals surface area contributed by atoms with Gasteiger partial charge in [0.15, 0.2) is 9.84 Å². The Bertz CT molecular complexity index is 378. The number of nitrogens with one attached hydrogen (secondary N) is 1. The van der Waals surface area contributed by atoms with Crippen molar-refractivity contribution < 1.29 is 27.9 Å². The lowest BCUT2D eigenvalue weighted by atomic mass is 10.3. The molecule has 0 rings (SSSR count). The molecular weight excluding hydrogens is 262 g/mol. The molecule has 0 aliphatic rings. The van der Waals surface area contributed by atoms with Crippen LogP contribution in [0.4, 0.5) is 0 Å². The van der Waals surface area contributed by atoms with E-state index >= 15 is 0 Å². The third-order valence-corrected chi connectivity index (χ3v) is 3.80. The second-order valence-electron chi connectivity index (χ2n) is 3.76. The summed E-state index contributed by atoms with van der Waals surface area (Å²) >= 11 is 0. The lowest BCUT2D eigenvalue weighted by Crippen LogP contribution is -2.44. The molecule has 0 aliphatic heterocycles. The van der Waals surface area contributed by atoms with Crippen LogP contribution in [0.25, 0.3) is 0 Å². The van der Waals surface area contributed by atoms with E-state index < -0.39 is 33.5 Å². The highest BCUT2D eigenvalue weighted by Crippen LogP contribution is 1.99. The van der Waals surface area contributed by atoms with E-state index in [1.54, 1.807) is 6.92 Å². The van der Waals surface area contributed by atoms with Crippen molar-refractivity contribution in [3.63, 3.8) is 0 Å². The minimum atomic E-state index is -3.53. The molecule has 0 bridgehead atoms. The molecule has 0 saturated heterocycles. The SMILES string of the molecule is CCOCCCS(=O)(=O)C[C@H](NC(C)=O)C(=O)O. The second kappa shape index (κ2) is 8.04. The summed E-state index contributed by atoms with van der Waals surface area (Å²) in [5.74, 6) is -2.70. The number of aliphatic carboxylic acids is 1. The normalized spacial score (nSPS) is 13.0. The summed E-state index contributed by atoms with van der Waals surface area (Å²) in [6, 6.07) is -1.40. The molecule has 0 unspecified atom stereocenters. The molecule has 0 aromatic carbocycles. The van der Waals surface area contributed by atoms with Crippen LogP contribution in [0.2, 0.25) is 0 Å². The van der Waals surface area contributed by atoms with Crippen molar-refractivity contribution in [1.82, 2.24) is 5.32 Å². The summed E-state index contributed by atoms with van der Waals surface area (Å²) in [7, 11) is -3.53. The fourth-order valence-electron chi connectivity index (χ4n) is 1.28. The third kappa shape index (κ3) is 8.02. The Morgan fingerprint density at radius 1 is 1.39 bits per heavy atom. The fraction of sp³-hybridized carbons (Fsp3) is 0.800. The van der Waals surface area contributed by atoms with Gasteiger partial charge in [0, 0.05) is 20.1 Å². The van der Waals surface area contributed by atoms with Crippen LogP contribution in [0.15, 0.2) is 0 Å². The maximum atomic E-state index is 11.6. The molecule has 0 radical (unpaired) electrons. The number of sulfone groups is 1. The summed E-state index contributed by atoms with van der Waals surface area (Å²) in [5, 5.41) is 10.9. The molecule has 18 heavy (non-hydrogen) atoms. The molecule has 0 fully saturated rings. The van der Waals surface area contributed by atoms with Crippen molar-refractivity contribution in [3.8, 4) is 0 Å². The molecule has 0 saturated carbocycles. The van der Waals surface area contributed by atoms with Crippen LogP contribution in [-0.4, -0.2) is 56.2 Å². The van der Waals surface area contributed by atoms with Crippen LogP contribution in [0.5, 0.6) is 0 Å². The Kier molecular flexibility index (Phi) is 7.53. The molecule has 0 heterocycles. The summed E-state index contributed by atoms with van der Waals surface area (Å²) in [4.78, 5) is 21.5. The van der Waals surface area contributed by atoms with E-state index in [1.807, 2.05) is 0 Å². The van der Waals surface area contributed by atoms with Crippen LogP contribution >= 0.6 is 0 Å². The summed E-state index contributed by atoms with van der Waals surface area (Å²) in [6.07, 6.45) is 0.308. The number of amides is 1. The van der Waals surface area contributed by atoms with Gasteiger partial charge in [-0.15, -0.1) is 0 Å². The summed E-state index contributed by atoms with van der Waals surface area (Å²) < 4.78 is 28.2. The molecule has 2 N–H and O–H groups in total. The number of ether oxygens (including phenoxy) is 1. The van der Waals surface area contributed by atoms with Gasteiger partial charge in [0.25, 0.3) is 0 Å². The van der Waals surface area contributed by atoms with Crippen molar-refractivity contribution >= 4 is 21.7 Å². The van der Waals surface area contributed by atoms with Crippen molar-refractivity contribution in [2.24, 2.45) is 0 Å². The Balaban J connectivity index is 4.33. The Labute approximate surface area is 106 Å². The highest BCUT2D eigenvalue weighted by molar-refractivity contribution is 7.91. The predicted octanol–water partition coefficient (Wildman–Crippen LogP) is -0.583. The van der Waals surface area contributed by atoms with Gasteiger partial charge in [-0.05, 0) is 13.3 Å². The van der Waals surface area contributed by atoms with Gasteiger partial charge >= 0.3 is 5.97 Å². The van der Waals surface area contributed by atoms with Crippen LogP contribution in [0.1, 0.15) is 20.3 Å². The predicted molar refractivity (Wildman–Crippen MR) is 65.0 cm³/mol. The first-order valence-electron chi connectivity index (χ1n) is 5.56. The number of carboxylic acids is 1. The van der Waals surface area contributed by atoms with Gasteiger partial charge in [-0.2, -0.15) is 0 Å². The zero-order chi connectivity index (χ0) is 14.2. The molecule has 7 nitrogen and oxygen atoms in total.